The fourth-order valence-corrected chi connectivity index (χ4v) is 5.44. The van der Waals surface area contributed by atoms with Crippen LogP contribution < -0.4 is 4.90 Å². The molecule has 0 bridgehead atoms. The predicted molar refractivity (Wildman–Crippen MR) is 136 cm³/mol. The third-order valence-electron chi connectivity index (χ3n) is 5.95. The van der Waals surface area contributed by atoms with Crippen molar-refractivity contribution >= 4 is 27.4 Å². The highest BCUT2D eigenvalue weighted by Crippen LogP contribution is 2.30. The van der Waals surface area contributed by atoms with E-state index in [2.05, 4.69) is 4.90 Å². The Morgan fingerprint density at radius 1 is 1.00 bits per heavy atom. The van der Waals surface area contributed by atoms with Crippen molar-refractivity contribution in [1.29, 1.82) is 0 Å². The van der Waals surface area contributed by atoms with Gasteiger partial charge in [0.1, 0.15) is 5.82 Å². The fraction of sp³-hybridized carbons (Fsp3) is 0.360. The largest absolute Gasteiger partial charge is 0.378 e. The van der Waals surface area contributed by atoms with Gasteiger partial charge in [-0.15, -0.1) is 0 Å². The van der Waals surface area contributed by atoms with Gasteiger partial charge in [0.15, 0.2) is 5.82 Å². The van der Waals surface area contributed by atoms with Crippen LogP contribution in [0.4, 0.5) is 5.82 Å². The number of methoxy groups -OCH3 is 1. The Labute approximate surface area is 206 Å². The summed E-state index contributed by atoms with van der Waals surface area (Å²) in [5.41, 5.74) is 3.75. The van der Waals surface area contributed by atoms with E-state index < -0.39 is 10.0 Å². The molecule has 0 aliphatic carbocycles. The first-order chi connectivity index (χ1) is 16.4. The van der Waals surface area contributed by atoms with Gasteiger partial charge >= 0.3 is 0 Å². The van der Waals surface area contributed by atoms with Crippen LogP contribution >= 0.6 is 11.6 Å². The predicted octanol–water partition coefficient (Wildman–Crippen LogP) is 4.01. The number of aromatic nitrogens is 2. The molecule has 7 nitrogen and oxygen atoms in total. The molecule has 1 aromatic heterocycles. The van der Waals surface area contributed by atoms with E-state index >= 15 is 0 Å². The van der Waals surface area contributed by atoms with Gasteiger partial charge in [0.25, 0.3) is 0 Å². The number of piperazine rings is 1. The Bertz CT molecular complexity index is 1230. The van der Waals surface area contributed by atoms with E-state index in [9.17, 15) is 8.42 Å². The minimum absolute atomic E-state index is 0.108. The molecule has 0 atom stereocenters. The average molecular weight is 501 g/mol. The first-order valence-corrected chi connectivity index (χ1v) is 13.3. The Balaban J connectivity index is 1.77. The number of benzene rings is 2. The van der Waals surface area contributed by atoms with Crippen molar-refractivity contribution in [3.63, 3.8) is 0 Å². The number of nitrogens with zero attached hydrogens (tertiary/aromatic N) is 4. The standard InChI is InChI=1S/C25H29ClN4O3S/c1-3-34(31,32)30-14-12-29(13-15-30)25-22(17-19-8-7-11-21(26)16-19)23(18-33-2)27-24(28-25)20-9-5-4-6-10-20/h4-11,16H,3,12-15,17-18H2,1-2H3. The highest BCUT2D eigenvalue weighted by Gasteiger charge is 2.28. The highest BCUT2D eigenvalue weighted by atomic mass is 35.5. The van der Waals surface area contributed by atoms with Crippen LogP contribution in [0.15, 0.2) is 54.6 Å². The first kappa shape index (κ1) is 24.6. The van der Waals surface area contributed by atoms with E-state index in [1.165, 1.54) is 0 Å². The molecule has 1 aliphatic heterocycles. The van der Waals surface area contributed by atoms with Gasteiger partial charge in [0, 0.05) is 55.9 Å². The summed E-state index contributed by atoms with van der Waals surface area (Å²) in [5, 5.41) is 0.674. The maximum atomic E-state index is 12.4. The molecule has 4 rings (SSSR count). The summed E-state index contributed by atoms with van der Waals surface area (Å²) < 4.78 is 31.8. The van der Waals surface area contributed by atoms with Gasteiger partial charge in [-0.05, 0) is 24.6 Å². The van der Waals surface area contributed by atoms with Crippen molar-refractivity contribution in [3.8, 4) is 11.4 Å². The number of rotatable bonds is 8. The molecule has 0 radical (unpaired) electrons. The summed E-state index contributed by atoms with van der Waals surface area (Å²) in [6, 6.07) is 17.6. The maximum Gasteiger partial charge on any atom is 0.213 e. The van der Waals surface area contributed by atoms with Crippen LogP contribution in [0.2, 0.25) is 5.02 Å². The summed E-state index contributed by atoms with van der Waals surface area (Å²) >= 11 is 6.25. The molecule has 2 aromatic carbocycles. The van der Waals surface area contributed by atoms with Crippen molar-refractivity contribution in [2.24, 2.45) is 0 Å². The minimum atomic E-state index is -3.22. The van der Waals surface area contributed by atoms with Crippen LogP contribution in [0.5, 0.6) is 0 Å². The summed E-state index contributed by atoms with van der Waals surface area (Å²) in [4.78, 5) is 12.0. The summed E-state index contributed by atoms with van der Waals surface area (Å²) in [7, 11) is -1.56. The lowest BCUT2D eigenvalue weighted by atomic mass is 10.0. The third kappa shape index (κ3) is 5.58. The van der Waals surface area contributed by atoms with Crippen LogP contribution in [0.3, 0.4) is 0 Å². The topological polar surface area (TPSA) is 75.6 Å². The van der Waals surface area contributed by atoms with Gasteiger partial charge in [-0.1, -0.05) is 54.1 Å². The molecule has 0 amide bonds. The Morgan fingerprint density at radius 2 is 1.74 bits per heavy atom. The smallest absolute Gasteiger partial charge is 0.213 e. The minimum Gasteiger partial charge on any atom is -0.378 e. The van der Waals surface area contributed by atoms with Crippen LogP contribution in [0.25, 0.3) is 11.4 Å². The lowest BCUT2D eigenvalue weighted by Gasteiger charge is -2.36. The molecule has 1 aliphatic rings. The number of ether oxygens (including phenoxy) is 1. The van der Waals surface area contributed by atoms with Crippen LogP contribution in [0.1, 0.15) is 23.7 Å². The van der Waals surface area contributed by atoms with Gasteiger partial charge in [0.2, 0.25) is 10.0 Å². The molecule has 9 heteroatoms. The zero-order valence-electron chi connectivity index (χ0n) is 19.4. The number of halogens is 1. The molecule has 0 saturated carbocycles. The second-order valence-electron chi connectivity index (χ2n) is 8.19. The number of anilines is 1. The van der Waals surface area contributed by atoms with E-state index in [4.69, 9.17) is 26.3 Å². The van der Waals surface area contributed by atoms with Crippen molar-refractivity contribution < 1.29 is 13.2 Å². The molecule has 34 heavy (non-hydrogen) atoms. The fourth-order valence-electron chi connectivity index (χ4n) is 4.14. The lowest BCUT2D eigenvalue weighted by Crippen LogP contribution is -2.49. The molecule has 1 saturated heterocycles. The summed E-state index contributed by atoms with van der Waals surface area (Å²) in [5.74, 6) is 1.55. The molecule has 1 fully saturated rings. The van der Waals surface area contributed by atoms with E-state index in [1.807, 2.05) is 54.6 Å². The molecule has 0 unspecified atom stereocenters. The molecule has 2 heterocycles. The molecule has 180 valence electrons. The summed E-state index contributed by atoms with van der Waals surface area (Å²) in [6.45, 7) is 3.99. The van der Waals surface area contributed by atoms with Gasteiger partial charge in [-0.25, -0.2) is 18.4 Å². The van der Waals surface area contributed by atoms with E-state index in [0.29, 0.717) is 50.1 Å². The van der Waals surface area contributed by atoms with Crippen molar-refractivity contribution in [3.05, 3.63) is 76.4 Å². The molecular formula is C25H29ClN4O3S. The van der Waals surface area contributed by atoms with E-state index in [0.717, 1.165) is 28.2 Å². The van der Waals surface area contributed by atoms with Crippen molar-refractivity contribution in [1.82, 2.24) is 14.3 Å². The number of sulfonamides is 1. The average Bonchev–Trinajstić information content (AvgIpc) is 2.86. The molecule has 0 N–H and O–H groups in total. The summed E-state index contributed by atoms with van der Waals surface area (Å²) in [6.07, 6.45) is 0.594. The van der Waals surface area contributed by atoms with Gasteiger partial charge < -0.3 is 9.64 Å². The van der Waals surface area contributed by atoms with Crippen LogP contribution in [-0.2, 0) is 27.8 Å². The van der Waals surface area contributed by atoms with Gasteiger partial charge in [0.05, 0.1) is 18.1 Å². The Kier molecular flexibility index (Phi) is 7.83. The number of hydrogen-bond donors (Lipinski definition) is 0. The van der Waals surface area contributed by atoms with Crippen molar-refractivity contribution in [2.45, 2.75) is 20.0 Å². The molecule has 0 spiro atoms. The second kappa shape index (κ2) is 10.8. The first-order valence-electron chi connectivity index (χ1n) is 11.3. The van der Waals surface area contributed by atoms with E-state index in [1.54, 1.807) is 18.3 Å². The normalized spacial score (nSPS) is 15.0. The zero-order valence-corrected chi connectivity index (χ0v) is 21.0. The van der Waals surface area contributed by atoms with Crippen molar-refractivity contribution in [2.75, 3.05) is 43.9 Å². The van der Waals surface area contributed by atoms with E-state index in [-0.39, 0.29) is 5.75 Å². The Morgan fingerprint density at radius 3 is 2.38 bits per heavy atom. The van der Waals surface area contributed by atoms with Gasteiger partial charge in [-0.3, -0.25) is 0 Å². The monoisotopic (exact) mass is 500 g/mol. The van der Waals surface area contributed by atoms with Crippen LogP contribution in [-0.4, -0.2) is 61.7 Å². The second-order valence-corrected chi connectivity index (χ2v) is 10.9. The SMILES string of the molecule is CCS(=O)(=O)N1CCN(c2nc(-c3ccccc3)nc(COC)c2Cc2cccc(Cl)c2)CC1. The highest BCUT2D eigenvalue weighted by molar-refractivity contribution is 7.89. The molecule has 3 aromatic rings. The Hall–Kier alpha value is -2.52. The third-order valence-corrected chi connectivity index (χ3v) is 8.07. The maximum absolute atomic E-state index is 12.4. The number of hydrogen-bond acceptors (Lipinski definition) is 6. The lowest BCUT2D eigenvalue weighted by molar-refractivity contribution is 0.180. The quantitative estimate of drug-likeness (QED) is 0.465. The molecular weight excluding hydrogens is 472 g/mol. The van der Waals surface area contributed by atoms with Gasteiger partial charge in [-0.2, -0.15) is 4.31 Å². The zero-order chi connectivity index (χ0) is 24.1. The van der Waals surface area contributed by atoms with Crippen LogP contribution in [0, 0.1) is 0 Å².